The van der Waals surface area contributed by atoms with Crippen LogP contribution in [0.4, 0.5) is 11.4 Å². The molecule has 2 rings (SSSR count). The van der Waals surface area contributed by atoms with E-state index in [9.17, 15) is 9.59 Å². The first kappa shape index (κ1) is 16.3. The molecule has 1 aliphatic heterocycles. The van der Waals surface area contributed by atoms with Crippen LogP contribution in [0.1, 0.15) is 0 Å². The molecule has 0 unspecified atom stereocenters. The zero-order chi connectivity index (χ0) is 16.1. The van der Waals surface area contributed by atoms with Gasteiger partial charge in [0.1, 0.15) is 12.4 Å². The molecule has 120 valence electrons. The highest BCUT2D eigenvalue weighted by Gasteiger charge is 2.25. The predicted octanol–water partition coefficient (Wildman–Crippen LogP) is 0.558. The average Bonchev–Trinajstić information content (AvgIpc) is 2.46. The Kier molecular flexibility index (Phi) is 5.35. The fourth-order valence-electron chi connectivity index (χ4n) is 2.16. The number of amides is 2. The fourth-order valence-corrected chi connectivity index (χ4v) is 2.16. The van der Waals surface area contributed by atoms with E-state index in [0.717, 1.165) is 12.2 Å². The maximum atomic E-state index is 12.0. The molecule has 1 heterocycles. The number of fused-ring (bicyclic) bond motifs is 1. The summed E-state index contributed by atoms with van der Waals surface area (Å²) in [6.07, 6.45) is 0. The van der Waals surface area contributed by atoms with Gasteiger partial charge in [-0.15, -0.1) is 0 Å². The van der Waals surface area contributed by atoms with Gasteiger partial charge in [0.25, 0.3) is 5.91 Å². The Morgan fingerprint density at radius 1 is 1.45 bits per heavy atom. The molecule has 0 radical (unpaired) electrons. The first-order valence-electron chi connectivity index (χ1n) is 7.02. The molecule has 0 fully saturated rings. The monoisotopic (exact) mass is 307 g/mol. The Hall–Kier alpha value is -2.12. The van der Waals surface area contributed by atoms with Crippen molar-refractivity contribution in [1.82, 2.24) is 4.90 Å². The summed E-state index contributed by atoms with van der Waals surface area (Å²) < 4.78 is 10.2. The van der Waals surface area contributed by atoms with E-state index in [-0.39, 0.29) is 25.0 Å². The summed E-state index contributed by atoms with van der Waals surface area (Å²) in [5, 5.41) is 2.71. The van der Waals surface area contributed by atoms with Crippen molar-refractivity contribution in [3.8, 4) is 5.75 Å². The summed E-state index contributed by atoms with van der Waals surface area (Å²) in [5.74, 6) is 0.290. The molecule has 1 aromatic carbocycles. The van der Waals surface area contributed by atoms with Crippen LogP contribution in [0.15, 0.2) is 18.2 Å². The highest BCUT2D eigenvalue weighted by molar-refractivity contribution is 5.99. The Labute approximate surface area is 129 Å². The zero-order valence-corrected chi connectivity index (χ0v) is 13.1. The first-order chi connectivity index (χ1) is 10.5. The van der Waals surface area contributed by atoms with Crippen LogP contribution in [0.3, 0.4) is 0 Å². The lowest BCUT2D eigenvalue weighted by Gasteiger charge is -2.30. The molecule has 0 saturated carbocycles. The van der Waals surface area contributed by atoms with E-state index in [2.05, 4.69) is 5.32 Å². The largest absolute Gasteiger partial charge is 0.481 e. The van der Waals surface area contributed by atoms with Crippen molar-refractivity contribution in [2.24, 2.45) is 0 Å². The van der Waals surface area contributed by atoms with Gasteiger partial charge in [-0.25, -0.2) is 0 Å². The molecule has 7 nitrogen and oxygen atoms in total. The van der Waals surface area contributed by atoms with Crippen molar-refractivity contribution >= 4 is 23.2 Å². The molecular formula is C15H21N3O4. The number of hydrogen-bond acceptors (Lipinski definition) is 5. The van der Waals surface area contributed by atoms with Crippen molar-refractivity contribution in [3.63, 3.8) is 0 Å². The molecule has 1 aliphatic rings. The van der Waals surface area contributed by atoms with Crippen LogP contribution in [-0.4, -0.2) is 64.2 Å². The van der Waals surface area contributed by atoms with Gasteiger partial charge in [0.15, 0.2) is 6.61 Å². The van der Waals surface area contributed by atoms with Gasteiger partial charge in [0, 0.05) is 32.0 Å². The Balaban J connectivity index is 2.15. The van der Waals surface area contributed by atoms with E-state index in [4.69, 9.17) is 9.47 Å². The van der Waals surface area contributed by atoms with Crippen molar-refractivity contribution in [2.45, 2.75) is 0 Å². The molecule has 2 amide bonds. The molecule has 7 heteroatoms. The van der Waals surface area contributed by atoms with Gasteiger partial charge in [-0.1, -0.05) is 0 Å². The fraction of sp³-hybridized carbons (Fsp3) is 0.467. The molecule has 0 saturated heterocycles. The standard InChI is InChI=1S/C15H21N3O4/c1-17(2)6-7-18-12-5-4-11(16-14(19)9-21-3)8-13(12)22-10-15(18)20/h4-5,8H,6-7,9-10H2,1-3H3,(H,16,19). The second kappa shape index (κ2) is 7.24. The molecule has 0 aliphatic carbocycles. The highest BCUT2D eigenvalue weighted by atomic mass is 16.5. The number of rotatable bonds is 6. The smallest absolute Gasteiger partial charge is 0.265 e. The van der Waals surface area contributed by atoms with Crippen LogP contribution >= 0.6 is 0 Å². The summed E-state index contributed by atoms with van der Waals surface area (Å²) in [6.45, 7) is 1.36. The van der Waals surface area contributed by atoms with Gasteiger partial charge < -0.3 is 24.6 Å². The third-order valence-corrected chi connectivity index (χ3v) is 3.23. The van der Waals surface area contributed by atoms with Gasteiger partial charge in [0.2, 0.25) is 5.91 Å². The normalized spacial score (nSPS) is 13.8. The molecule has 1 N–H and O–H groups in total. The van der Waals surface area contributed by atoms with Gasteiger partial charge in [0.05, 0.1) is 5.69 Å². The minimum Gasteiger partial charge on any atom is -0.481 e. The quantitative estimate of drug-likeness (QED) is 0.831. The van der Waals surface area contributed by atoms with Gasteiger partial charge in [-0.2, -0.15) is 0 Å². The van der Waals surface area contributed by atoms with Crippen LogP contribution < -0.4 is 15.0 Å². The van der Waals surface area contributed by atoms with Crippen molar-refractivity contribution in [3.05, 3.63) is 18.2 Å². The minimum atomic E-state index is -0.237. The second-order valence-corrected chi connectivity index (χ2v) is 5.30. The van der Waals surface area contributed by atoms with Gasteiger partial charge in [-0.3, -0.25) is 9.59 Å². The van der Waals surface area contributed by atoms with E-state index in [0.29, 0.717) is 18.0 Å². The summed E-state index contributed by atoms with van der Waals surface area (Å²) in [5.41, 5.74) is 1.34. The number of carbonyl (C=O) groups is 2. The van der Waals surface area contributed by atoms with E-state index in [1.54, 1.807) is 23.1 Å². The number of methoxy groups -OCH3 is 1. The summed E-state index contributed by atoms with van der Waals surface area (Å²) in [4.78, 5) is 27.3. The molecule has 0 spiro atoms. The lowest BCUT2D eigenvalue weighted by molar-refractivity contribution is -0.121. The second-order valence-electron chi connectivity index (χ2n) is 5.30. The number of ether oxygens (including phenoxy) is 2. The van der Waals surface area contributed by atoms with E-state index in [1.165, 1.54) is 7.11 Å². The van der Waals surface area contributed by atoms with Crippen LogP contribution in [0.5, 0.6) is 5.75 Å². The summed E-state index contributed by atoms with van der Waals surface area (Å²) >= 11 is 0. The van der Waals surface area contributed by atoms with E-state index >= 15 is 0 Å². The maximum Gasteiger partial charge on any atom is 0.265 e. The van der Waals surface area contributed by atoms with Gasteiger partial charge in [-0.05, 0) is 26.2 Å². The SMILES string of the molecule is COCC(=O)Nc1ccc2c(c1)OCC(=O)N2CCN(C)C. The van der Waals surface area contributed by atoms with Crippen LogP contribution in [-0.2, 0) is 14.3 Å². The van der Waals surface area contributed by atoms with Gasteiger partial charge >= 0.3 is 0 Å². The number of nitrogens with zero attached hydrogens (tertiary/aromatic N) is 2. The van der Waals surface area contributed by atoms with Crippen molar-refractivity contribution in [2.75, 3.05) is 57.7 Å². The minimum absolute atomic E-state index is 0.00854. The highest BCUT2D eigenvalue weighted by Crippen LogP contribution is 2.34. The predicted molar refractivity (Wildman–Crippen MR) is 83.3 cm³/mol. The Morgan fingerprint density at radius 2 is 2.23 bits per heavy atom. The number of likely N-dealkylation sites (N-methyl/N-ethyl adjacent to an activating group) is 1. The van der Waals surface area contributed by atoms with E-state index in [1.807, 2.05) is 19.0 Å². The Bertz CT molecular complexity index is 560. The molecule has 22 heavy (non-hydrogen) atoms. The molecule has 0 aromatic heterocycles. The lowest BCUT2D eigenvalue weighted by atomic mass is 10.2. The Morgan fingerprint density at radius 3 is 2.91 bits per heavy atom. The number of benzene rings is 1. The van der Waals surface area contributed by atoms with Crippen LogP contribution in [0, 0.1) is 0 Å². The van der Waals surface area contributed by atoms with Crippen LogP contribution in [0.2, 0.25) is 0 Å². The third-order valence-electron chi connectivity index (χ3n) is 3.23. The van der Waals surface area contributed by atoms with Crippen molar-refractivity contribution < 1.29 is 19.1 Å². The molecule has 0 bridgehead atoms. The molecular weight excluding hydrogens is 286 g/mol. The first-order valence-corrected chi connectivity index (χ1v) is 7.02. The van der Waals surface area contributed by atoms with E-state index < -0.39 is 0 Å². The lowest BCUT2D eigenvalue weighted by Crippen LogP contribution is -2.42. The number of nitrogens with one attached hydrogen (secondary N) is 1. The molecule has 1 aromatic rings. The number of anilines is 2. The summed E-state index contributed by atoms with van der Waals surface area (Å²) in [6, 6.07) is 5.25. The zero-order valence-electron chi connectivity index (χ0n) is 13.1. The topological polar surface area (TPSA) is 71.1 Å². The number of carbonyl (C=O) groups excluding carboxylic acids is 2. The maximum absolute atomic E-state index is 12.0. The third kappa shape index (κ3) is 3.96. The molecule has 0 atom stereocenters. The summed E-state index contributed by atoms with van der Waals surface area (Å²) in [7, 11) is 5.38. The number of hydrogen-bond donors (Lipinski definition) is 1. The van der Waals surface area contributed by atoms with Crippen molar-refractivity contribution in [1.29, 1.82) is 0 Å². The van der Waals surface area contributed by atoms with Crippen LogP contribution in [0.25, 0.3) is 0 Å². The average molecular weight is 307 g/mol.